The normalized spacial score (nSPS) is 38.3. The minimum absolute atomic E-state index is 0.322. The van der Waals surface area contributed by atoms with Crippen LogP contribution in [0.4, 0.5) is 0 Å². The molecular formula is C16H22O. The molecule has 0 aliphatic heterocycles. The lowest BCUT2D eigenvalue weighted by atomic mass is 9.70. The summed E-state index contributed by atoms with van der Waals surface area (Å²) in [5.74, 6) is 1.88. The summed E-state index contributed by atoms with van der Waals surface area (Å²) >= 11 is 0. The molecule has 1 aromatic rings. The highest BCUT2D eigenvalue weighted by Crippen LogP contribution is 2.63. The highest BCUT2D eigenvalue weighted by Gasteiger charge is 2.60. The van der Waals surface area contributed by atoms with Crippen LogP contribution >= 0.6 is 0 Å². The number of benzene rings is 1. The molecule has 2 aliphatic rings. The molecule has 2 saturated carbocycles. The zero-order valence-corrected chi connectivity index (χ0v) is 11.1. The molecule has 1 aromatic carbocycles. The van der Waals surface area contributed by atoms with Crippen LogP contribution in [0.15, 0.2) is 30.3 Å². The molecular weight excluding hydrogens is 208 g/mol. The van der Waals surface area contributed by atoms with E-state index in [1.165, 1.54) is 19.3 Å². The Morgan fingerprint density at radius 2 is 1.82 bits per heavy atom. The van der Waals surface area contributed by atoms with Crippen LogP contribution in [0.3, 0.4) is 0 Å². The van der Waals surface area contributed by atoms with Gasteiger partial charge < -0.3 is 4.74 Å². The smallest absolute Gasteiger partial charge is 0.119 e. The number of rotatable bonds is 2. The zero-order chi connectivity index (χ0) is 12.1. The van der Waals surface area contributed by atoms with Crippen molar-refractivity contribution in [1.82, 2.24) is 0 Å². The fraction of sp³-hybridized carbons (Fsp3) is 0.625. The van der Waals surface area contributed by atoms with Gasteiger partial charge in [-0.3, -0.25) is 0 Å². The third-order valence-corrected chi connectivity index (χ3v) is 5.13. The monoisotopic (exact) mass is 230 g/mol. The average Bonchev–Trinajstić information content (AvgIpc) is 2.77. The van der Waals surface area contributed by atoms with Gasteiger partial charge in [0.05, 0.1) is 0 Å². The molecule has 0 radical (unpaired) electrons. The van der Waals surface area contributed by atoms with E-state index in [1.54, 1.807) is 0 Å². The largest absolute Gasteiger partial charge is 0.489 e. The summed E-state index contributed by atoms with van der Waals surface area (Å²) in [6, 6.07) is 10.3. The predicted molar refractivity (Wildman–Crippen MR) is 70.1 cm³/mol. The molecule has 17 heavy (non-hydrogen) atoms. The Kier molecular flexibility index (Phi) is 2.30. The van der Waals surface area contributed by atoms with E-state index >= 15 is 0 Å². The molecule has 3 unspecified atom stereocenters. The van der Waals surface area contributed by atoms with Gasteiger partial charge in [0.15, 0.2) is 0 Å². The average molecular weight is 230 g/mol. The lowest BCUT2D eigenvalue weighted by Crippen LogP contribution is -2.44. The van der Waals surface area contributed by atoms with Crippen molar-refractivity contribution in [1.29, 1.82) is 0 Å². The Balaban J connectivity index is 1.88. The van der Waals surface area contributed by atoms with Crippen molar-refractivity contribution >= 4 is 0 Å². The number of fused-ring (bicyclic) bond motifs is 2. The van der Waals surface area contributed by atoms with Crippen LogP contribution in [0.1, 0.15) is 40.0 Å². The Labute approximate surface area is 104 Å². The molecule has 2 fully saturated rings. The maximum Gasteiger partial charge on any atom is 0.119 e. The molecule has 0 heterocycles. The van der Waals surface area contributed by atoms with E-state index in [2.05, 4.69) is 45.0 Å². The van der Waals surface area contributed by atoms with Gasteiger partial charge in [-0.15, -0.1) is 0 Å². The molecule has 2 bridgehead atoms. The summed E-state index contributed by atoms with van der Waals surface area (Å²) in [4.78, 5) is 0. The standard InChI is InChI=1S/C16H22O/c1-15(2)12-9-10-16(3,11-12)14(15)17-13-7-5-4-6-8-13/h4-8,12,14H,9-11H2,1-3H3. The summed E-state index contributed by atoms with van der Waals surface area (Å²) in [5, 5.41) is 0. The summed E-state index contributed by atoms with van der Waals surface area (Å²) < 4.78 is 6.33. The van der Waals surface area contributed by atoms with E-state index in [9.17, 15) is 0 Å². The van der Waals surface area contributed by atoms with E-state index in [1.807, 2.05) is 6.07 Å². The fourth-order valence-corrected chi connectivity index (χ4v) is 4.19. The van der Waals surface area contributed by atoms with E-state index in [0.29, 0.717) is 16.9 Å². The van der Waals surface area contributed by atoms with Crippen molar-refractivity contribution in [3.05, 3.63) is 30.3 Å². The summed E-state index contributed by atoms with van der Waals surface area (Å²) in [5.41, 5.74) is 0.715. The number of para-hydroxylation sites is 1. The van der Waals surface area contributed by atoms with E-state index in [4.69, 9.17) is 4.74 Å². The SMILES string of the molecule is CC12CCC(C1)C(C)(C)C2Oc1ccccc1. The second kappa shape index (κ2) is 3.51. The molecule has 1 nitrogen and oxygen atoms in total. The van der Waals surface area contributed by atoms with Crippen LogP contribution in [0.5, 0.6) is 5.75 Å². The number of hydrogen-bond donors (Lipinski definition) is 0. The maximum atomic E-state index is 6.33. The van der Waals surface area contributed by atoms with Gasteiger partial charge in [-0.1, -0.05) is 39.0 Å². The first-order chi connectivity index (χ1) is 8.02. The third-order valence-electron chi connectivity index (χ3n) is 5.13. The van der Waals surface area contributed by atoms with Crippen LogP contribution in [-0.2, 0) is 0 Å². The molecule has 0 saturated heterocycles. The van der Waals surface area contributed by atoms with Crippen molar-refractivity contribution in [3.8, 4) is 5.75 Å². The second-order valence-corrected chi connectivity index (χ2v) is 6.73. The van der Waals surface area contributed by atoms with Crippen LogP contribution in [0.25, 0.3) is 0 Å². The topological polar surface area (TPSA) is 9.23 Å². The summed E-state index contributed by atoms with van der Waals surface area (Å²) in [7, 11) is 0. The van der Waals surface area contributed by atoms with Gasteiger partial charge in [0.25, 0.3) is 0 Å². The van der Waals surface area contributed by atoms with Crippen LogP contribution in [0.2, 0.25) is 0 Å². The van der Waals surface area contributed by atoms with Gasteiger partial charge in [-0.25, -0.2) is 0 Å². The molecule has 2 aliphatic carbocycles. The molecule has 92 valence electrons. The Morgan fingerprint density at radius 1 is 1.12 bits per heavy atom. The molecule has 0 N–H and O–H groups in total. The molecule has 0 spiro atoms. The Hall–Kier alpha value is -0.980. The molecule has 1 heteroatoms. The third kappa shape index (κ3) is 1.59. The van der Waals surface area contributed by atoms with E-state index in [-0.39, 0.29) is 0 Å². The first-order valence-corrected chi connectivity index (χ1v) is 6.74. The molecule has 3 rings (SSSR count). The quantitative estimate of drug-likeness (QED) is 0.737. The van der Waals surface area contributed by atoms with Crippen LogP contribution in [-0.4, -0.2) is 6.10 Å². The van der Waals surface area contributed by atoms with Crippen molar-refractivity contribution in [2.75, 3.05) is 0 Å². The van der Waals surface area contributed by atoms with Crippen LogP contribution < -0.4 is 4.74 Å². The maximum absolute atomic E-state index is 6.33. The van der Waals surface area contributed by atoms with Crippen molar-refractivity contribution in [2.45, 2.75) is 46.1 Å². The molecule has 0 amide bonds. The minimum Gasteiger partial charge on any atom is -0.489 e. The van der Waals surface area contributed by atoms with E-state index < -0.39 is 0 Å². The highest BCUT2D eigenvalue weighted by atomic mass is 16.5. The van der Waals surface area contributed by atoms with Crippen molar-refractivity contribution in [3.63, 3.8) is 0 Å². The number of hydrogen-bond acceptors (Lipinski definition) is 1. The van der Waals surface area contributed by atoms with Gasteiger partial charge >= 0.3 is 0 Å². The van der Waals surface area contributed by atoms with Gasteiger partial charge in [0.2, 0.25) is 0 Å². The molecule has 0 aromatic heterocycles. The lowest BCUT2D eigenvalue weighted by molar-refractivity contribution is -0.0143. The number of ether oxygens (including phenoxy) is 1. The summed E-state index contributed by atoms with van der Waals surface area (Å²) in [6.07, 6.45) is 4.44. The Bertz CT molecular complexity index is 404. The van der Waals surface area contributed by atoms with Crippen LogP contribution in [0, 0.1) is 16.7 Å². The van der Waals surface area contributed by atoms with Crippen molar-refractivity contribution < 1.29 is 4.74 Å². The Morgan fingerprint density at radius 3 is 2.41 bits per heavy atom. The zero-order valence-electron chi connectivity index (χ0n) is 11.1. The first-order valence-electron chi connectivity index (χ1n) is 6.74. The predicted octanol–water partition coefficient (Wildman–Crippen LogP) is 4.28. The second-order valence-electron chi connectivity index (χ2n) is 6.73. The lowest BCUT2D eigenvalue weighted by Gasteiger charge is -2.42. The first kappa shape index (κ1) is 11.1. The van der Waals surface area contributed by atoms with E-state index in [0.717, 1.165) is 11.7 Å². The highest BCUT2D eigenvalue weighted by molar-refractivity contribution is 5.23. The van der Waals surface area contributed by atoms with Gasteiger partial charge in [-0.2, -0.15) is 0 Å². The summed E-state index contributed by atoms with van der Waals surface area (Å²) in [6.45, 7) is 7.18. The fourth-order valence-electron chi connectivity index (χ4n) is 4.19. The van der Waals surface area contributed by atoms with Gasteiger partial charge in [0.1, 0.15) is 11.9 Å². The van der Waals surface area contributed by atoms with Gasteiger partial charge in [-0.05, 0) is 37.3 Å². The molecule has 3 atom stereocenters. The minimum atomic E-state index is 0.322. The van der Waals surface area contributed by atoms with Gasteiger partial charge in [0, 0.05) is 10.8 Å². The van der Waals surface area contributed by atoms with Crippen molar-refractivity contribution in [2.24, 2.45) is 16.7 Å².